The summed E-state index contributed by atoms with van der Waals surface area (Å²) in [7, 11) is -3.52. The summed E-state index contributed by atoms with van der Waals surface area (Å²) in [5.41, 5.74) is 1.47. The van der Waals surface area contributed by atoms with E-state index >= 15 is 0 Å². The average Bonchev–Trinajstić information content (AvgIpc) is 3.11. The van der Waals surface area contributed by atoms with Gasteiger partial charge in [0.2, 0.25) is 15.9 Å². The lowest BCUT2D eigenvalue weighted by Gasteiger charge is -2.28. The maximum Gasteiger partial charge on any atom is 0.243 e. The number of nitrogens with zero attached hydrogens (tertiary/aromatic N) is 1. The molecule has 20 heavy (non-hydrogen) atoms. The van der Waals surface area contributed by atoms with Gasteiger partial charge in [0.15, 0.2) is 0 Å². The Labute approximate surface area is 120 Å². The molecule has 1 atom stereocenters. The van der Waals surface area contributed by atoms with Gasteiger partial charge >= 0.3 is 0 Å². The average molecular weight is 296 g/mol. The van der Waals surface area contributed by atoms with Crippen molar-refractivity contribution in [1.29, 1.82) is 0 Å². The zero-order valence-electron chi connectivity index (χ0n) is 12.0. The summed E-state index contributed by atoms with van der Waals surface area (Å²) in [4.78, 5) is 12.1. The summed E-state index contributed by atoms with van der Waals surface area (Å²) in [6.07, 6.45) is 3.07. The van der Waals surface area contributed by atoms with Crippen LogP contribution in [0.2, 0.25) is 0 Å². The predicted molar refractivity (Wildman–Crippen MR) is 79.1 cm³/mol. The number of sulfonamides is 1. The summed E-state index contributed by atoms with van der Waals surface area (Å²) in [5.74, 6) is -0.251. The van der Waals surface area contributed by atoms with Gasteiger partial charge in [-0.05, 0) is 44.4 Å². The molecule has 0 spiro atoms. The van der Waals surface area contributed by atoms with E-state index in [0.29, 0.717) is 5.69 Å². The van der Waals surface area contributed by atoms with Crippen LogP contribution in [0.4, 0.5) is 5.69 Å². The van der Waals surface area contributed by atoms with Crippen LogP contribution >= 0.6 is 0 Å². The molecule has 1 aliphatic carbocycles. The predicted octanol–water partition coefficient (Wildman–Crippen LogP) is 1.43. The van der Waals surface area contributed by atoms with Crippen molar-refractivity contribution in [3.05, 3.63) is 29.8 Å². The van der Waals surface area contributed by atoms with Crippen molar-refractivity contribution in [2.24, 2.45) is 0 Å². The molecule has 1 aliphatic rings. The second-order valence-electron chi connectivity index (χ2n) is 5.36. The van der Waals surface area contributed by atoms with Gasteiger partial charge in [-0.1, -0.05) is 12.1 Å². The Hall–Kier alpha value is -1.56. The van der Waals surface area contributed by atoms with Gasteiger partial charge in [-0.3, -0.25) is 9.10 Å². The van der Waals surface area contributed by atoms with E-state index < -0.39 is 16.1 Å². The second-order valence-corrected chi connectivity index (χ2v) is 7.22. The molecule has 1 aromatic rings. The number of carbonyl (C=O) groups is 1. The van der Waals surface area contributed by atoms with Crippen molar-refractivity contribution in [2.75, 3.05) is 10.6 Å². The number of anilines is 1. The molecule has 0 saturated heterocycles. The van der Waals surface area contributed by atoms with E-state index in [1.54, 1.807) is 25.1 Å². The standard InChI is InChI=1S/C14H20N2O3S/c1-10-5-4-6-13(9-10)16(20(3,18)19)11(2)14(17)15-12-7-8-12/h4-6,9,11-12H,7-8H2,1-3H3,(H,15,17). The molecule has 0 bridgehead atoms. The van der Waals surface area contributed by atoms with Gasteiger partial charge < -0.3 is 5.32 Å². The van der Waals surface area contributed by atoms with Crippen molar-refractivity contribution in [1.82, 2.24) is 5.32 Å². The summed E-state index contributed by atoms with van der Waals surface area (Å²) in [6.45, 7) is 3.50. The second kappa shape index (κ2) is 5.44. The zero-order chi connectivity index (χ0) is 14.9. The van der Waals surface area contributed by atoms with Crippen LogP contribution < -0.4 is 9.62 Å². The van der Waals surface area contributed by atoms with Crippen molar-refractivity contribution in [3.63, 3.8) is 0 Å². The Morgan fingerprint density at radius 2 is 2.05 bits per heavy atom. The molecular formula is C14H20N2O3S. The number of amides is 1. The summed E-state index contributed by atoms with van der Waals surface area (Å²) in [5, 5.41) is 2.85. The topological polar surface area (TPSA) is 66.5 Å². The molecule has 1 unspecified atom stereocenters. The first-order chi connectivity index (χ1) is 9.29. The Kier molecular flexibility index (Phi) is 4.04. The molecule has 1 amide bonds. The highest BCUT2D eigenvalue weighted by molar-refractivity contribution is 7.92. The van der Waals surface area contributed by atoms with Crippen molar-refractivity contribution in [3.8, 4) is 0 Å². The lowest BCUT2D eigenvalue weighted by atomic mass is 10.2. The number of hydrogen-bond donors (Lipinski definition) is 1. The SMILES string of the molecule is Cc1cccc(N(C(C)C(=O)NC2CC2)S(C)(=O)=O)c1. The van der Waals surface area contributed by atoms with Gasteiger partial charge in [-0.2, -0.15) is 0 Å². The molecule has 110 valence electrons. The van der Waals surface area contributed by atoms with Crippen LogP contribution in [0.15, 0.2) is 24.3 Å². The van der Waals surface area contributed by atoms with Gasteiger partial charge in [0.05, 0.1) is 11.9 Å². The van der Waals surface area contributed by atoms with Crippen LogP contribution in [0.3, 0.4) is 0 Å². The molecule has 0 radical (unpaired) electrons. The number of rotatable bonds is 5. The minimum Gasteiger partial charge on any atom is -0.352 e. The quantitative estimate of drug-likeness (QED) is 0.894. The lowest BCUT2D eigenvalue weighted by molar-refractivity contribution is -0.121. The first-order valence-corrected chi connectivity index (χ1v) is 8.50. The van der Waals surface area contributed by atoms with Crippen LogP contribution in [0.5, 0.6) is 0 Å². The highest BCUT2D eigenvalue weighted by Crippen LogP contribution is 2.23. The normalized spacial score (nSPS) is 16.6. The van der Waals surface area contributed by atoms with Crippen molar-refractivity contribution >= 4 is 21.6 Å². The minimum absolute atomic E-state index is 0.212. The largest absolute Gasteiger partial charge is 0.352 e. The number of benzene rings is 1. The molecule has 0 aliphatic heterocycles. The Balaban J connectivity index is 2.30. The van der Waals surface area contributed by atoms with Crippen LogP contribution in [-0.4, -0.2) is 32.7 Å². The Morgan fingerprint density at radius 1 is 1.40 bits per heavy atom. The van der Waals surface area contributed by atoms with Gasteiger partial charge in [0.25, 0.3) is 0 Å². The van der Waals surface area contributed by atoms with E-state index in [1.807, 2.05) is 13.0 Å². The zero-order valence-corrected chi connectivity index (χ0v) is 12.8. The number of hydrogen-bond acceptors (Lipinski definition) is 3. The molecule has 0 heterocycles. The van der Waals surface area contributed by atoms with E-state index in [0.717, 1.165) is 24.7 Å². The minimum atomic E-state index is -3.52. The highest BCUT2D eigenvalue weighted by Gasteiger charge is 2.32. The van der Waals surface area contributed by atoms with Gasteiger partial charge in [-0.25, -0.2) is 8.42 Å². The number of carbonyl (C=O) groups excluding carboxylic acids is 1. The summed E-state index contributed by atoms with van der Waals surface area (Å²) in [6, 6.07) is 6.60. The third-order valence-corrected chi connectivity index (χ3v) is 4.51. The molecule has 1 aromatic carbocycles. The Bertz CT molecular complexity index is 609. The van der Waals surface area contributed by atoms with E-state index in [2.05, 4.69) is 5.32 Å². The summed E-state index contributed by atoms with van der Waals surface area (Å²) >= 11 is 0. The van der Waals surface area contributed by atoms with Crippen molar-refractivity contribution in [2.45, 2.75) is 38.8 Å². The van der Waals surface area contributed by atoms with Crippen LogP contribution in [0, 0.1) is 6.92 Å². The van der Waals surface area contributed by atoms with E-state index in [4.69, 9.17) is 0 Å². The smallest absolute Gasteiger partial charge is 0.243 e. The molecule has 1 N–H and O–H groups in total. The Morgan fingerprint density at radius 3 is 2.55 bits per heavy atom. The third-order valence-electron chi connectivity index (χ3n) is 3.27. The summed E-state index contributed by atoms with van der Waals surface area (Å²) < 4.78 is 25.3. The van der Waals surface area contributed by atoms with Crippen LogP contribution in [0.1, 0.15) is 25.3 Å². The first kappa shape index (κ1) is 14.8. The molecule has 6 heteroatoms. The molecule has 1 fully saturated rings. The first-order valence-electron chi connectivity index (χ1n) is 6.65. The van der Waals surface area contributed by atoms with Crippen LogP contribution in [0.25, 0.3) is 0 Å². The van der Waals surface area contributed by atoms with E-state index in [-0.39, 0.29) is 11.9 Å². The maximum atomic E-state index is 12.1. The fourth-order valence-corrected chi connectivity index (χ4v) is 3.29. The monoisotopic (exact) mass is 296 g/mol. The molecule has 0 aromatic heterocycles. The fourth-order valence-electron chi connectivity index (χ4n) is 2.12. The number of nitrogens with one attached hydrogen (secondary N) is 1. The number of aryl methyl sites for hydroxylation is 1. The van der Waals surface area contributed by atoms with E-state index in [9.17, 15) is 13.2 Å². The molecule has 1 saturated carbocycles. The van der Waals surface area contributed by atoms with Gasteiger partial charge in [0.1, 0.15) is 6.04 Å². The van der Waals surface area contributed by atoms with Gasteiger partial charge in [0, 0.05) is 6.04 Å². The lowest BCUT2D eigenvalue weighted by Crippen LogP contribution is -2.48. The molecule has 5 nitrogen and oxygen atoms in total. The third kappa shape index (κ3) is 3.50. The van der Waals surface area contributed by atoms with E-state index in [1.165, 1.54) is 4.31 Å². The fraction of sp³-hybridized carbons (Fsp3) is 0.500. The maximum absolute atomic E-state index is 12.1. The van der Waals surface area contributed by atoms with Gasteiger partial charge in [-0.15, -0.1) is 0 Å². The molecule has 2 rings (SSSR count). The van der Waals surface area contributed by atoms with Crippen molar-refractivity contribution < 1.29 is 13.2 Å². The highest BCUT2D eigenvalue weighted by atomic mass is 32.2. The molecular weight excluding hydrogens is 276 g/mol. The van der Waals surface area contributed by atoms with Crippen LogP contribution in [-0.2, 0) is 14.8 Å².